The Morgan fingerprint density at radius 3 is 2.78 bits per heavy atom. The van der Waals surface area contributed by atoms with Crippen molar-refractivity contribution in [3.05, 3.63) is 23.7 Å². The molecular weight excluding hydrogens is 224 g/mol. The first-order valence-corrected chi connectivity index (χ1v) is 7.31. The summed E-state index contributed by atoms with van der Waals surface area (Å²) in [5, 5.41) is 3.33. The zero-order valence-electron chi connectivity index (χ0n) is 11.7. The molecule has 102 valence electrons. The molecule has 3 nitrogen and oxygen atoms in total. The molecule has 0 bridgehead atoms. The quantitative estimate of drug-likeness (QED) is 0.841. The number of nitrogens with one attached hydrogen (secondary N) is 1. The maximum absolute atomic E-state index is 5.56. The Labute approximate surface area is 111 Å². The Morgan fingerprint density at radius 1 is 1.33 bits per heavy atom. The summed E-state index contributed by atoms with van der Waals surface area (Å²) in [6, 6.07) is 2.12. The van der Waals surface area contributed by atoms with Crippen molar-refractivity contribution < 1.29 is 4.42 Å². The van der Waals surface area contributed by atoms with Gasteiger partial charge in [-0.15, -0.1) is 0 Å². The molecule has 1 aliphatic rings. The summed E-state index contributed by atoms with van der Waals surface area (Å²) in [6.45, 7) is 9.80. The Hall–Kier alpha value is -0.800. The smallest absolute Gasteiger partial charge is 0.122 e. The Kier molecular flexibility index (Phi) is 5.26. The lowest BCUT2D eigenvalue weighted by Crippen LogP contribution is -2.33. The van der Waals surface area contributed by atoms with Crippen LogP contribution in [0.4, 0.5) is 0 Å². The predicted octanol–water partition coefficient (Wildman–Crippen LogP) is 3.01. The van der Waals surface area contributed by atoms with Gasteiger partial charge in [0.05, 0.1) is 12.8 Å². The number of furan rings is 1. The van der Waals surface area contributed by atoms with Crippen molar-refractivity contribution in [1.29, 1.82) is 0 Å². The molecule has 1 N–H and O–H groups in total. The fourth-order valence-electron chi connectivity index (χ4n) is 2.70. The molecule has 3 heteroatoms. The van der Waals surface area contributed by atoms with E-state index in [1.165, 1.54) is 37.9 Å². The number of piperidine rings is 1. The van der Waals surface area contributed by atoms with E-state index in [1.54, 1.807) is 0 Å². The number of rotatable bonds is 6. The normalized spacial score (nSPS) is 18.3. The van der Waals surface area contributed by atoms with Crippen LogP contribution in [0.1, 0.15) is 44.4 Å². The molecule has 1 aromatic rings. The van der Waals surface area contributed by atoms with E-state index in [4.69, 9.17) is 4.42 Å². The molecule has 1 fully saturated rings. The third kappa shape index (κ3) is 3.59. The third-order valence-electron chi connectivity index (χ3n) is 4.05. The van der Waals surface area contributed by atoms with Crippen molar-refractivity contribution in [2.45, 2.75) is 46.2 Å². The molecule has 2 heterocycles. The summed E-state index contributed by atoms with van der Waals surface area (Å²) in [7, 11) is 0. The standard InChI is InChI=1S/C15H26N2O/c1-3-13-5-8-17(9-6-13)12-14-7-10-18-15(14)11-16-4-2/h7,10,13,16H,3-6,8-9,11-12H2,1-2H3. The van der Waals surface area contributed by atoms with E-state index in [9.17, 15) is 0 Å². The van der Waals surface area contributed by atoms with Gasteiger partial charge in [0, 0.05) is 12.1 Å². The molecule has 0 amide bonds. The maximum atomic E-state index is 5.56. The van der Waals surface area contributed by atoms with Gasteiger partial charge >= 0.3 is 0 Å². The first-order chi connectivity index (χ1) is 8.83. The molecule has 0 spiro atoms. The van der Waals surface area contributed by atoms with Crippen LogP contribution in [0, 0.1) is 5.92 Å². The van der Waals surface area contributed by atoms with Gasteiger partial charge in [0.1, 0.15) is 5.76 Å². The van der Waals surface area contributed by atoms with Crippen molar-refractivity contribution in [2.24, 2.45) is 5.92 Å². The van der Waals surface area contributed by atoms with E-state index in [0.717, 1.165) is 31.3 Å². The highest BCUT2D eigenvalue weighted by molar-refractivity contribution is 5.17. The first kappa shape index (κ1) is 13.6. The Balaban J connectivity index is 1.84. The summed E-state index contributed by atoms with van der Waals surface area (Å²) in [5.41, 5.74) is 1.35. The van der Waals surface area contributed by atoms with Crippen LogP contribution >= 0.6 is 0 Å². The van der Waals surface area contributed by atoms with E-state index in [2.05, 4.69) is 30.1 Å². The molecule has 18 heavy (non-hydrogen) atoms. The molecule has 1 aliphatic heterocycles. The minimum Gasteiger partial charge on any atom is -0.468 e. The topological polar surface area (TPSA) is 28.4 Å². The second-order valence-electron chi connectivity index (χ2n) is 5.28. The van der Waals surface area contributed by atoms with Gasteiger partial charge in [0.2, 0.25) is 0 Å². The van der Waals surface area contributed by atoms with Gasteiger partial charge in [-0.3, -0.25) is 4.90 Å². The van der Waals surface area contributed by atoms with Gasteiger partial charge in [-0.25, -0.2) is 0 Å². The van der Waals surface area contributed by atoms with Crippen LogP contribution in [0.5, 0.6) is 0 Å². The summed E-state index contributed by atoms with van der Waals surface area (Å²) in [4.78, 5) is 2.56. The molecule has 0 aromatic carbocycles. The van der Waals surface area contributed by atoms with E-state index >= 15 is 0 Å². The van der Waals surface area contributed by atoms with Gasteiger partial charge in [0.15, 0.2) is 0 Å². The van der Waals surface area contributed by atoms with Crippen LogP contribution in [-0.2, 0) is 13.1 Å². The molecule has 0 radical (unpaired) electrons. The highest BCUT2D eigenvalue weighted by atomic mass is 16.3. The van der Waals surface area contributed by atoms with Gasteiger partial charge < -0.3 is 9.73 Å². The summed E-state index contributed by atoms with van der Waals surface area (Å²) in [5.74, 6) is 2.06. The molecule has 0 unspecified atom stereocenters. The lowest BCUT2D eigenvalue weighted by Gasteiger charge is -2.31. The predicted molar refractivity (Wildman–Crippen MR) is 74.4 cm³/mol. The molecule has 2 rings (SSSR count). The van der Waals surface area contributed by atoms with Crippen molar-refractivity contribution in [2.75, 3.05) is 19.6 Å². The zero-order chi connectivity index (χ0) is 12.8. The third-order valence-corrected chi connectivity index (χ3v) is 4.05. The molecule has 0 atom stereocenters. The molecule has 1 saturated heterocycles. The van der Waals surface area contributed by atoms with Crippen LogP contribution in [0.25, 0.3) is 0 Å². The van der Waals surface area contributed by atoms with Gasteiger partial charge in [-0.2, -0.15) is 0 Å². The maximum Gasteiger partial charge on any atom is 0.122 e. The second kappa shape index (κ2) is 6.95. The van der Waals surface area contributed by atoms with Gasteiger partial charge in [0.25, 0.3) is 0 Å². The summed E-state index contributed by atoms with van der Waals surface area (Å²) < 4.78 is 5.56. The monoisotopic (exact) mass is 250 g/mol. The highest BCUT2D eigenvalue weighted by Crippen LogP contribution is 2.22. The van der Waals surface area contributed by atoms with Crippen LogP contribution in [0.2, 0.25) is 0 Å². The second-order valence-corrected chi connectivity index (χ2v) is 5.28. The van der Waals surface area contributed by atoms with E-state index in [0.29, 0.717) is 0 Å². The van der Waals surface area contributed by atoms with Crippen molar-refractivity contribution in [3.63, 3.8) is 0 Å². The lowest BCUT2D eigenvalue weighted by molar-refractivity contribution is 0.174. The average molecular weight is 250 g/mol. The number of hydrogen-bond acceptors (Lipinski definition) is 3. The van der Waals surface area contributed by atoms with Crippen LogP contribution in [-0.4, -0.2) is 24.5 Å². The fraction of sp³-hybridized carbons (Fsp3) is 0.733. The van der Waals surface area contributed by atoms with Crippen LogP contribution < -0.4 is 5.32 Å². The van der Waals surface area contributed by atoms with Crippen LogP contribution in [0.3, 0.4) is 0 Å². The minimum absolute atomic E-state index is 0.851. The molecule has 0 saturated carbocycles. The van der Waals surface area contributed by atoms with Crippen molar-refractivity contribution in [1.82, 2.24) is 10.2 Å². The molecular formula is C15H26N2O. The summed E-state index contributed by atoms with van der Waals surface area (Å²) >= 11 is 0. The average Bonchev–Trinajstić information content (AvgIpc) is 2.84. The highest BCUT2D eigenvalue weighted by Gasteiger charge is 2.19. The fourth-order valence-corrected chi connectivity index (χ4v) is 2.70. The lowest BCUT2D eigenvalue weighted by atomic mass is 9.94. The number of hydrogen-bond donors (Lipinski definition) is 1. The van der Waals surface area contributed by atoms with E-state index in [1.807, 2.05) is 6.26 Å². The SMILES string of the molecule is CCNCc1occc1CN1CCC(CC)CC1. The largest absolute Gasteiger partial charge is 0.468 e. The van der Waals surface area contributed by atoms with Crippen molar-refractivity contribution in [3.8, 4) is 0 Å². The summed E-state index contributed by atoms with van der Waals surface area (Å²) in [6.07, 6.45) is 5.87. The van der Waals surface area contributed by atoms with Crippen LogP contribution in [0.15, 0.2) is 16.7 Å². The van der Waals surface area contributed by atoms with Gasteiger partial charge in [-0.05, 0) is 44.5 Å². The Morgan fingerprint density at radius 2 is 2.11 bits per heavy atom. The Bertz CT molecular complexity index is 340. The number of likely N-dealkylation sites (tertiary alicyclic amines) is 1. The first-order valence-electron chi connectivity index (χ1n) is 7.31. The molecule has 1 aromatic heterocycles. The zero-order valence-corrected chi connectivity index (χ0v) is 11.7. The van der Waals surface area contributed by atoms with Gasteiger partial charge in [-0.1, -0.05) is 20.3 Å². The van der Waals surface area contributed by atoms with E-state index < -0.39 is 0 Å². The molecule has 0 aliphatic carbocycles. The minimum atomic E-state index is 0.851. The van der Waals surface area contributed by atoms with Crippen molar-refractivity contribution >= 4 is 0 Å². The van der Waals surface area contributed by atoms with E-state index in [-0.39, 0.29) is 0 Å². The number of nitrogens with zero attached hydrogens (tertiary/aromatic N) is 1.